The van der Waals surface area contributed by atoms with Gasteiger partial charge < -0.3 is 61.9 Å². The molecule has 0 radical (unpaired) electrons. The monoisotopic (exact) mass is 1210 g/mol. The number of benzene rings is 3. The molecule has 4 atom stereocenters. The summed E-state index contributed by atoms with van der Waals surface area (Å²) in [6, 6.07) is 12.6. The quantitative estimate of drug-likeness (QED) is 0.0338. The Morgan fingerprint density at radius 3 is 1.26 bits per heavy atom. The maximum Gasteiger partial charge on any atom is 0.314 e. The van der Waals surface area contributed by atoms with Crippen LogP contribution in [-0.2, 0) is 88.9 Å². The Labute approximate surface area is 517 Å². The van der Waals surface area contributed by atoms with E-state index in [1.165, 1.54) is 11.1 Å². The Bertz CT molecular complexity index is 2210. The molecule has 0 heterocycles. The van der Waals surface area contributed by atoms with Crippen LogP contribution in [0.2, 0.25) is 0 Å². The summed E-state index contributed by atoms with van der Waals surface area (Å²) >= 11 is 0. The molecule has 0 aliphatic heterocycles. The summed E-state index contributed by atoms with van der Waals surface area (Å²) in [6.45, 7) is 38.0. The molecule has 0 amide bonds. The Kier molecular flexibility index (Phi) is 45.5. The third-order valence-corrected chi connectivity index (χ3v) is 14.2. The molecule has 4 unspecified atom stereocenters. The lowest BCUT2D eigenvalue weighted by atomic mass is 9.83. The predicted octanol–water partition coefficient (Wildman–Crippen LogP) is 15.8. The number of carbonyl (C=O) groups is 3. The lowest BCUT2D eigenvalue weighted by Gasteiger charge is -2.27. The first kappa shape index (κ1) is 86.6. The van der Waals surface area contributed by atoms with Crippen LogP contribution in [0.3, 0.4) is 0 Å². The van der Waals surface area contributed by atoms with Crippen molar-refractivity contribution in [2.45, 2.75) is 217 Å². The minimum absolute atomic E-state index is 0. The van der Waals surface area contributed by atoms with Crippen molar-refractivity contribution in [2.24, 2.45) is 16.7 Å². The fraction of sp³-hybridized carbons (Fsp3) is 0.696. The number of hydrogen-bond acceptors (Lipinski definition) is 16. The molecule has 3 aromatic rings. The standard InChI is InChI=1S/C23H38O6.C23H38O5.C19H30O5.4CH4/c1-7-23(6,16-24)22(25)29-11-10-28-21-19(14-26-8-2)12-18(17(4)5)13-20(21)15-27-9-3;1-10-15(2)22(24)28-12-11-27-21-19(16(3)25-8)13-18(23(5,6)7)14-20(21)17(4)26-9;1-7-19(3,4)18(20)24-9-8-23-17-15(12-21-5)10-14(2)11-16(17)13-22-6;;;;/h12-13,17,24H,7-11,14-16H2,1-6H3;13-17H,10-12H2,1-9H3;10-11H,7-9,12-13H2,1-6H3;4*1H4. The van der Waals surface area contributed by atoms with Gasteiger partial charge in [0, 0.05) is 75.0 Å². The SMILES string of the molecule is C.C.C.C.CCC(C)(C)C(=O)OCCOc1c(COC)cc(C)cc1COC.CCC(C)C(=O)OCCOc1c(C(C)OC)cc(C(C)(C)C)cc1C(C)OC.CCOCc1cc(C(C)C)cc(COCC)c1OCCOC(=O)C(C)(CC)CO. The van der Waals surface area contributed by atoms with Crippen LogP contribution in [0.25, 0.3) is 0 Å². The van der Waals surface area contributed by atoms with Gasteiger partial charge in [0.15, 0.2) is 0 Å². The summed E-state index contributed by atoms with van der Waals surface area (Å²) in [6.07, 6.45) is 1.74. The zero-order chi connectivity index (χ0) is 61.5. The molecular weight excluding hydrogens is 1080 g/mol. The van der Waals surface area contributed by atoms with E-state index < -0.39 is 16.8 Å². The lowest BCUT2D eigenvalue weighted by Crippen LogP contribution is -2.33. The van der Waals surface area contributed by atoms with E-state index in [1.54, 1.807) is 35.4 Å². The lowest BCUT2D eigenvalue weighted by molar-refractivity contribution is -0.158. The molecule has 3 aromatic carbocycles. The van der Waals surface area contributed by atoms with Crippen LogP contribution in [0.1, 0.15) is 228 Å². The Hall–Kier alpha value is -4.81. The van der Waals surface area contributed by atoms with E-state index in [-0.39, 0.29) is 105 Å². The van der Waals surface area contributed by atoms with Crippen LogP contribution in [-0.4, -0.2) is 111 Å². The topological polar surface area (TPSA) is 182 Å². The smallest absolute Gasteiger partial charge is 0.314 e. The molecule has 0 aliphatic rings. The molecular formula is C69H122O16. The molecule has 0 fully saturated rings. The highest BCUT2D eigenvalue weighted by Gasteiger charge is 2.32. The molecule has 0 saturated carbocycles. The van der Waals surface area contributed by atoms with E-state index in [0.29, 0.717) is 58.6 Å². The zero-order valence-electron chi connectivity index (χ0n) is 53.7. The van der Waals surface area contributed by atoms with Crippen molar-refractivity contribution < 1.29 is 76.3 Å². The van der Waals surface area contributed by atoms with Crippen LogP contribution in [0, 0.1) is 23.7 Å². The molecule has 1 N–H and O–H groups in total. The molecule has 0 aromatic heterocycles. The van der Waals surface area contributed by atoms with Gasteiger partial charge in [0.25, 0.3) is 0 Å². The number of methoxy groups -OCH3 is 4. The highest BCUT2D eigenvalue weighted by atomic mass is 16.6. The summed E-state index contributed by atoms with van der Waals surface area (Å²) in [5.41, 5.74) is 7.97. The third-order valence-electron chi connectivity index (χ3n) is 14.2. The number of rotatable bonds is 34. The van der Waals surface area contributed by atoms with E-state index in [4.69, 9.17) is 56.8 Å². The van der Waals surface area contributed by atoms with Gasteiger partial charge in [-0.15, -0.1) is 0 Å². The van der Waals surface area contributed by atoms with Crippen molar-refractivity contribution in [3.05, 3.63) is 86.5 Å². The number of aliphatic hydroxyl groups excluding tert-OH is 1. The van der Waals surface area contributed by atoms with E-state index in [0.717, 1.165) is 69.0 Å². The second-order valence-corrected chi connectivity index (χ2v) is 22.5. The maximum absolute atomic E-state index is 12.2. The van der Waals surface area contributed by atoms with Crippen molar-refractivity contribution in [3.63, 3.8) is 0 Å². The Balaban J connectivity index is -0.000000568. The molecule has 3 rings (SSSR count). The first-order valence-corrected chi connectivity index (χ1v) is 28.9. The van der Waals surface area contributed by atoms with Gasteiger partial charge in [0.1, 0.15) is 56.9 Å². The van der Waals surface area contributed by atoms with Crippen LogP contribution < -0.4 is 14.2 Å². The van der Waals surface area contributed by atoms with Crippen molar-refractivity contribution in [1.82, 2.24) is 0 Å². The van der Waals surface area contributed by atoms with Gasteiger partial charge in [-0.3, -0.25) is 14.4 Å². The normalized spacial score (nSPS) is 12.7. The Morgan fingerprint density at radius 2 is 0.918 bits per heavy atom. The summed E-state index contributed by atoms with van der Waals surface area (Å²) in [7, 11) is 6.67. The summed E-state index contributed by atoms with van der Waals surface area (Å²) < 4.78 is 67.0. The Morgan fingerprint density at radius 1 is 0.518 bits per heavy atom. The minimum atomic E-state index is -0.876. The van der Waals surface area contributed by atoms with Crippen LogP contribution in [0.5, 0.6) is 17.2 Å². The van der Waals surface area contributed by atoms with Crippen LogP contribution >= 0.6 is 0 Å². The van der Waals surface area contributed by atoms with Gasteiger partial charge in [-0.05, 0) is 121 Å². The number of esters is 3. The highest BCUT2D eigenvalue weighted by Crippen LogP contribution is 2.40. The zero-order valence-corrected chi connectivity index (χ0v) is 53.7. The summed E-state index contributed by atoms with van der Waals surface area (Å²) in [5, 5.41) is 9.44. The fourth-order valence-electron chi connectivity index (χ4n) is 7.70. The number of aryl methyl sites for hydroxylation is 1. The molecule has 494 valence electrons. The predicted molar refractivity (Wildman–Crippen MR) is 345 cm³/mol. The molecule has 0 saturated heterocycles. The van der Waals surface area contributed by atoms with Crippen molar-refractivity contribution in [2.75, 3.05) is 87.9 Å². The third kappa shape index (κ3) is 29.2. The van der Waals surface area contributed by atoms with Gasteiger partial charge in [-0.2, -0.15) is 0 Å². The average molecular weight is 1210 g/mol. The highest BCUT2D eigenvalue weighted by molar-refractivity contribution is 5.76. The minimum Gasteiger partial charge on any atom is -0.489 e. The fourth-order valence-corrected chi connectivity index (χ4v) is 7.70. The molecule has 0 spiro atoms. The molecule has 0 aliphatic carbocycles. The van der Waals surface area contributed by atoms with Crippen molar-refractivity contribution >= 4 is 17.9 Å². The molecule has 16 nitrogen and oxygen atoms in total. The largest absolute Gasteiger partial charge is 0.489 e. The maximum atomic E-state index is 12.2. The van der Waals surface area contributed by atoms with Crippen LogP contribution in [0.4, 0.5) is 0 Å². The number of hydrogen-bond donors (Lipinski definition) is 1. The second kappa shape index (κ2) is 44.6. The van der Waals surface area contributed by atoms with Gasteiger partial charge in [-0.1, -0.05) is 110 Å². The number of ether oxygens (including phenoxy) is 12. The van der Waals surface area contributed by atoms with Crippen LogP contribution in [0.15, 0.2) is 36.4 Å². The van der Waals surface area contributed by atoms with Crippen molar-refractivity contribution in [3.8, 4) is 17.2 Å². The second-order valence-electron chi connectivity index (χ2n) is 22.5. The van der Waals surface area contributed by atoms with E-state index in [1.807, 2.05) is 88.3 Å². The van der Waals surface area contributed by atoms with Gasteiger partial charge >= 0.3 is 17.9 Å². The average Bonchev–Trinajstić information content (AvgIpc) is 3.51. The van der Waals surface area contributed by atoms with Crippen molar-refractivity contribution in [1.29, 1.82) is 0 Å². The molecule has 0 bridgehead atoms. The van der Waals surface area contributed by atoms with E-state index in [9.17, 15) is 19.5 Å². The van der Waals surface area contributed by atoms with Gasteiger partial charge in [0.05, 0.1) is 62.0 Å². The van der Waals surface area contributed by atoms with E-state index >= 15 is 0 Å². The van der Waals surface area contributed by atoms with Gasteiger partial charge in [-0.25, -0.2) is 0 Å². The first-order chi connectivity index (χ1) is 38.2. The van der Waals surface area contributed by atoms with Gasteiger partial charge in [0.2, 0.25) is 0 Å². The first-order valence-electron chi connectivity index (χ1n) is 28.9. The summed E-state index contributed by atoms with van der Waals surface area (Å²) in [5.74, 6) is 1.69. The molecule has 85 heavy (non-hydrogen) atoms. The molecule has 16 heteroatoms. The summed E-state index contributed by atoms with van der Waals surface area (Å²) in [4.78, 5) is 36.0. The number of carbonyl (C=O) groups excluding carboxylic acids is 3. The van der Waals surface area contributed by atoms with E-state index in [2.05, 4.69) is 58.9 Å². The number of aliphatic hydroxyl groups is 1.